The van der Waals surface area contributed by atoms with E-state index in [1.54, 1.807) is 14.0 Å². The molecular formula is C25H33NO4. The number of benzene rings is 2. The number of nitrogens with zero attached hydrogens (tertiary/aromatic N) is 1. The molecule has 2 aromatic carbocycles. The summed E-state index contributed by atoms with van der Waals surface area (Å²) in [4.78, 5) is 26.0. The molecule has 0 N–H and O–H groups in total. The molecule has 2 aromatic rings. The smallest absolute Gasteiger partial charge is 0.309 e. The van der Waals surface area contributed by atoms with Crippen molar-refractivity contribution in [3.63, 3.8) is 0 Å². The van der Waals surface area contributed by atoms with Crippen LogP contribution in [0.2, 0.25) is 0 Å². The molecule has 30 heavy (non-hydrogen) atoms. The molecule has 0 spiro atoms. The van der Waals surface area contributed by atoms with Crippen molar-refractivity contribution in [2.45, 2.75) is 47.6 Å². The van der Waals surface area contributed by atoms with E-state index in [2.05, 4.69) is 32.9 Å². The van der Waals surface area contributed by atoms with Crippen LogP contribution in [0.3, 0.4) is 0 Å². The average molecular weight is 412 g/mol. The van der Waals surface area contributed by atoms with Gasteiger partial charge in [-0.25, -0.2) is 0 Å². The van der Waals surface area contributed by atoms with Gasteiger partial charge in [0.05, 0.1) is 20.6 Å². The van der Waals surface area contributed by atoms with Crippen LogP contribution in [0.1, 0.15) is 44.4 Å². The first-order valence-electron chi connectivity index (χ1n) is 10.1. The second-order valence-electron chi connectivity index (χ2n) is 8.88. The zero-order valence-corrected chi connectivity index (χ0v) is 19.2. The summed E-state index contributed by atoms with van der Waals surface area (Å²) >= 11 is 0. The maximum atomic E-state index is 12.3. The van der Waals surface area contributed by atoms with Crippen LogP contribution in [0, 0.1) is 12.3 Å². The van der Waals surface area contributed by atoms with Crippen molar-refractivity contribution < 1.29 is 19.1 Å². The normalized spacial score (nSPS) is 11.2. The number of rotatable bonds is 7. The molecule has 0 heterocycles. The van der Waals surface area contributed by atoms with Crippen molar-refractivity contribution in [1.29, 1.82) is 0 Å². The van der Waals surface area contributed by atoms with E-state index in [-0.39, 0.29) is 23.7 Å². The molecule has 0 aliphatic rings. The largest absolute Gasteiger partial charge is 0.496 e. The highest BCUT2D eigenvalue weighted by Crippen LogP contribution is 2.35. The summed E-state index contributed by atoms with van der Waals surface area (Å²) in [6.45, 7) is 11.2. The van der Waals surface area contributed by atoms with Crippen molar-refractivity contribution >= 4 is 11.9 Å². The van der Waals surface area contributed by atoms with Gasteiger partial charge in [-0.15, -0.1) is 0 Å². The Morgan fingerprint density at radius 1 is 1.00 bits per heavy atom. The Morgan fingerprint density at radius 3 is 2.27 bits per heavy atom. The van der Waals surface area contributed by atoms with E-state index in [4.69, 9.17) is 9.47 Å². The average Bonchev–Trinajstić information content (AvgIpc) is 2.66. The van der Waals surface area contributed by atoms with Gasteiger partial charge < -0.3 is 14.4 Å². The number of aryl methyl sites for hydroxylation is 1. The molecule has 5 heteroatoms. The Morgan fingerprint density at radius 2 is 1.70 bits per heavy atom. The highest BCUT2D eigenvalue weighted by Gasteiger charge is 2.21. The number of carbonyl (C=O) groups excluding carboxylic acids is 2. The summed E-state index contributed by atoms with van der Waals surface area (Å²) in [5.74, 6) is 0.478. The summed E-state index contributed by atoms with van der Waals surface area (Å²) in [6, 6.07) is 11.9. The van der Waals surface area contributed by atoms with E-state index in [0.717, 1.165) is 33.6 Å². The molecule has 0 fully saturated rings. The van der Waals surface area contributed by atoms with Crippen molar-refractivity contribution in [3.8, 4) is 16.9 Å². The third-order valence-corrected chi connectivity index (χ3v) is 4.86. The number of hydrogen-bond acceptors (Lipinski definition) is 4. The quantitative estimate of drug-likeness (QED) is 0.615. The molecular weight excluding hydrogens is 378 g/mol. The number of hydrogen-bond donors (Lipinski definition) is 0. The molecule has 1 amide bonds. The molecule has 0 bridgehead atoms. The molecule has 0 radical (unpaired) electrons. The minimum Gasteiger partial charge on any atom is -0.496 e. The summed E-state index contributed by atoms with van der Waals surface area (Å²) in [7, 11) is 3.02. The topological polar surface area (TPSA) is 55.8 Å². The Labute approximate surface area is 180 Å². The van der Waals surface area contributed by atoms with E-state index >= 15 is 0 Å². The molecule has 0 saturated carbocycles. The van der Waals surface area contributed by atoms with E-state index in [1.807, 2.05) is 36.1 Å². The number of ether oxygens (including phenoxy) is 2. The van der Waals surface area contributed by atoms with Gasteiger partial charge in [0.15, 0.2) is 0 Å². The van der Waals surface area contributed by atoms with Gasteiger partial charge in [0, 0.05) is 25.6 Å². The summed E-state index contributed by atoms with van der Waals surface area (Å²) < 4.78 is 10.4. The third kappa shape index (κ3) is 6.34. The minimum absolute atomic E-state index is 0.00617. The van der Waals surface area contributed by atoms with Crippen LogP contribution in [-0.4, -0.2) is 37.5 Å². The second-order valence-corrected chi connectivity index (χ2v) is 8.88. The Kier molecular flexibility index (Phi) is 7.65. The summed E-state index contributed by atoms with van der Waals surface area (Å²) in [5, 5.41) is 0. The Balaban J connectivity index is 2.53. The van der Waals surface area contributed by atoms with Crippen molar-refractivity contribution in [3.05, 3.63) is 53.1 Å². The first-order valence-corrected chi connectivity index (χ1v) is 10.1. The first kappa shape index (κ1) is 23.5. The van der Waals surface area contributed by atoms with Crippen LogP contribution in [0.4, 0.5) is 0 Å². The van der Waals surface area contributed by atoms with Gasteiger partial charge in [0.1, 0.15) is 5.75 Å². The molecule has 0 aliphatic heterocycles. The zero-order chi connectivity index (χ0) is 22.5. The fourth-order valence-electron chi connectivity index (χ4n) is 3.49. The standard InChI is InChI=1S/C25H33NO4/c1-17-8-10-21(20(12-17)15-26(18(2)27)16-25(3,4)5)22-13-19(14-24(28)30-7)9-11-23(22)29-6/h8-13H,14-16H2,1-7H3. The molecule has 5 nitrogen and oxygen atoms in total. The van der Waals surface area contributed by atoms with Crippen LogP contribution in [0.15, 0.2) is 36.4 Å². The van der Waals surface area contributed by atoms with Gasteiger partial charge in [-0.1, -0.05) is 50.6 Å². The molecule has 0 aromatic heterocycles. The van der Waals surface area contributed by atoms with Gasteiger partial charge in [0.2, 0.25) is 5.91 Å². The van der Waals surface area contributed by atoms with Crippen LogP contribution in [0.25, 0.3) is 11.1 Å². The predicted octanol–water partition coefficient (Wildman–Crippen LogP) is 4.78. The summed E-state index contributed by atoms with van der Waals surface area (Å²) in [6.07, 6.45) is 0.193. The number of methoxy groups -OCH3 is 2. The third-order valence-electron chi connectivity index (χ3n) is 4.86. The lowest BCUT2D eigenvalue weighted by Gasteiger charge is -2.30. The minimum atomic E-state index is -0.289. The highest BCUT2D eigenvalue weighted by atomic mass is 16.5. The van der Waals surface area contributed by atoms with Gasteiger partial charge >= 0.3 is 5.97 Å². The van der Waals surface area contributed by atoms with Crippen LogP contribution in [0.5, 0.6) is 5.75 Å². The van der Waals surface area contributed by atoms with E-state index in [0.29, 0.717) is 13.1 Å². The number of amides is 1. The first-order chi connectivity index (χ1) is 14.0. The second kappa shape index (κ2) is 9.79. The molecule has 162 valence electrons. The predicted molar refractivity (Wildman–Crippen MR) is 119 cm³/mol. The monoisotopic (exact) mass is 411 g/mol. The fraction of sp³-hybridized carbons (Fsp3) is 0.440. The Hall–Kier alpha value is -2.82. The lowest BCUT2D eigenvalue weighted by molar-refractivity contribution is -0.139. The van der Waals surface area contributed by atoms with Crippen molar-refractivity contribution in [1.82, 2.24) is 4.90 Å². The number of esters is 1. The highest BCUT2D eigenvalue weighted by molar-refractivity contribution is 5.78. The van der Waals surface area contributed by atoms with E-state index < -0.39 is 0 Å². The van der Waals surface area contributed by atoms with Crippen LogP contribution < -0.4 is 4.74 Å². The molecule has 2 rings (SSSR count). The van der Waals surface area contributed by atoms with E-state index in [9.17, 15) is 9.59 Å². The van der Waals surface area contributed by atoms with Gasteiger partial charge in [-0.2, -0.15) is 0 Å². The SMILES string of the molecule is COC(=O)Cc1ccc(OC)c(-c2ccc(C)cc2CN(CC(C)(C)C)C(C)=O)c1. The zero-order valence-electron chi connectivity index (χ0n) is 19.2. The number of carbonyl (C=O) groups is 2. The molecule has 0 atom stereocenters. The lowest BCUT2D eigenvalue weighted by atomic mass is 9.93. The molecule has 0 saturated heterocycles. The van der Waals surface area contributed by atoms with E-state index in [1.165, 1.54) is 7.11 Å². The van der Waals surface area contributed by atoms with Gasteiger partial charge in [0.25, 0.3) is 0 Å². The maximum absolute atomic E-state index is 12.3. The van der Waals surface area contributed by atoms with Crippen LogP contribution in [-0.2, 0) is 27.3 Å². The van der Waals surface area contributed by atoms with Crippen LogP contribution >= 0.6 is 0 Å². The summed E-state index contributed by atoms with van der Waals surface area (Å²) in [5.41, 5.74) is 4.90. The molecule has 0 aliphatic carbocycles. The van der Waals surface area contributed by atoms with Crippen molar-refractivity contribution in [2.75, 3.05) is 20.8 Å². The fourth-order valence-corrected chi connectivity index (χ4v) is 3.49. The van der Waals surface area contributed by atoms with Gasteiger partial charge in [-0.05, 0) is 41.2 Å². The van der Waals surface area contributed by atoms with Gasteiger partial charge in [-0.3, -0.25) is 9.59 Å². The molecule has 0 unspecified atom stereocenters. The lowest BCUT2D eigenvalue weighted by Crippen LogP contribution is -2.35. The maximum Gasteiger partial charge on any atom is 0.309 e. The van der Waals surface area contributed by atoms with Crippen molar-refractivity contribution in [2.24, 2.45) is 5.41 Å². The Bertz CT molecular complexity index is 912.